The fourth-order valence-corrected chi connectivity index (χ4v) is 12.8. The molecule has 0 unspecified atom stereocenters. The van der Waals surface area contributed by atoms with Crippen molar-refractivity contribution in [1.82, 2.24) is 0 Å². The highest BCUT2D eigenvalue weighted by atomic mass is 16.6. The van der Waals surface area contributed by atoms with E-state index in [9.17, 15) is 14.4 Å². The molecular formula is C42H66O6. The Bertz CT molecular complexity index is 1410. The largest absolute Gasteiger partial charge is 0.462 e. The molecule has 0 spiro atoms. The standard InChI is InChI=1S/C42H66O6/c1-25(2)32-27(43)22-42(30-24-46-30)21-19-38(10)26(33(32)42)14-15-28-39(38,11)18-20-41(13)37(8,9)29(16-17-40(28,41)12)47-31(44)23-36(6,7)34(45)48-35(3,4)5/h25-26,28-30H,14-24H2,1-13H3/t26-,28+,29+,30+,38-,39-,40-,41+,42+/m1/s1. The highest BCUT2D eigenvalue weighted by Gasteiger charge is 2.74. The van der Waals surface area contributed by atoms with Crippen LogP contribution in [0.25, 0.3) is 0 Å². The summed E-state index contributed by atoms with van der Waals surface area (Å²) in [7, 11) is 0. The summed E-state index contributed by atoms with van der Waals surface area (Å²) in [6.45, 7) is 29.3. The third-order valence-corrected chi connectivity index (χ3v) is 16.3. The summed E-state index contributed by atoms with van der Waals surface area (Å²) in [4.78, 5) is 40.2. The molecule has 9 atom stereocenters. The van der Waals surface area contributed by atoms with Gasteiger partial charge in [0.1, 0.15) is 11.7 Å². The number of ether oxygens (including phenoxy) is 3. The maximum Gasteiger partial charge on any atom is 0.312 e. The fraction of sp³-hybridized carbons (Fsp3) is 0.881. The molecule has 0 aromatic heterocycles. The molecule has 0 amide bonds. The molecule has 6 nitrogen and oxygen atoms in total. The first-order valence-corrected chi connectivity index (χ1v) is 19.2. The Morgan fingerprint density at radius 1 is 0.854 bits per heavy atom. The molecule has 6 heteroatoms. The van der Waals surface area contributed by atoms with Gasteiger partial charge in [-0.05, 0) is 131 Å². The van der Waals surface area contributed by atoms with E-state index >= 15 is 0 Å². The molecule has 0 N–H and O–H groups in total. The molecule has 6 aliphatic rings. The third kappa shape index (κ3) is 4.89. The zero-order chi connectivity index (χ0) is 35.7. The predicted octanol–water partition coefficient (Wildman–Crippen LogP) is 9.43. The van der Waals surface area contributed by atoms with Gasteiger partial charge in [-0.15, -0.1) is 0 Å². The van der Waals surface area contributed by atoms with E-state index in [1.54, 1.807) is 13.8 Å². The van der Waals surface area contributed by atoms with Crippen LogP contribution in [0.3, 0.4) is 0 Å². The molecule has 4 saturated carbocycles. The van der Waals surface area contributed by atoms with Crippen LogP contribution in [-0.4, -0.2) is 42.1 Å². The number of hydrogen-bond donors (Lipinski definition) is 0. The Labute approximate surface area is 291 Å². The molecule has 0 aromatic rings. The van der Waals surface area contributed by atoms with Crippen LogP contribution in [0.15, 0.2) is 11.1 Å². The number of carbonyl (C=O) groups is 3. The Morgan fingerprint density at radius 2 is 1.48 bits per heavy atom. The highest BCUT2D eigenvalue weighted by Crippen LogP contribution is 2.80. The van der Waals surface area contributed by atoms with Gasteiger partial charge in [0, 0.05) is 17.3 Å². The van der Waals surface area contributed by atoms with E-state index in [-0.39, 0.29) is 69.0 Å². The van der Waals surface area contributed by atoms with E-state index in [2.05, 4.69) is 55.4 Å². The quantitative estimate of drug-likeness (QED) is 0.208. The van der Waals surface area contributed by atoms with Gasteiger partial charge in [0.2, 0.25) is 0 Å². The van der Waals surface area contributed by atoms with Crippen molar-refractivity contribution in [2.45, 2.75) is 172 Å². The Balaban J connectivity index is 1.27. The molecule has 0 aromatic carbocycles. The van der Waals surface area contributed by atoms with Gasteiger partial charge in [0.15, 0.2) is 5.78 Å². The molecule has 0 radical (unpaired) electrons. The van der Waals surface area contributed by atoms with Crippen molar-refractivity contribution in [3.63, 3.8) is 0 Å². The zero-order valence-corrected chi connectivity index (χ0v) is 32.6. The maximum atomic E-state index is 13.7. The van der Waals surface area contributed by atoms with E-state index in [0.29, 0.717) is 24.0 Å². The monoisotopic (exact) mass is 666 g/mol. The van der Waals surface area contributed by atoms with Gasteiger partial charge in [-0.3, -0.25) is 14.4 Å². The lowest BCUT2D eigenvalue weighted by Crippen LogP contribution is -2.69. The Kier molecular flexibility index (Phi) is 8.21. The van der Waals surface area contributed by atoms with Crippen LogP contribution < -0.4 is 0 Å². The molecular weight excluding hydrogens is 600 g/mol. The lowest BCUT2D eigenvalue weighted by Gasteiger charge is -2.75. The average Bonchev–Trinajstić information content (AvgIpc) is 3.75. The van der Waals surface area contributed by atoms with Crippen molar-refractivity contribution in [2.75, 3.05) is 6.61 Å². The van der Waals surface area contributed by atoms with Crippen molar-refractivity contribution in [3.8, 4) is 0 Å². The molecule has 48 heavy (non-hydrogen) atoms. The number of rotatable bonds is 6. The summed E-state index contributed by atoms with van der Waals surface area (Å²) in [5, 5.41) is 0. The van der Waals surface area contributed by atoms with Crippen LogP contribution >= 0.6 is 0 Å². The van der Waals surface area contributed by atoms with Crippen molar-refractivity contribution in [3.05, 3.63) is 11.1 Å². The molecule has 1 heterocycles. The number of fused-ring (bicyclic) bond motifs is 7. The summed E-state index contributed by atoms with van der Waals surface area (Å²) in [6, 6.07) is 0. The van der Waals surface area contributed by atoms with Crippen LogP contribution in [-0.2, 0) is 28.6 Å². The second-order valence-electron chi connectivity index (χ2n) is 20.6. The zero-order valence-electron chi connectivity index (χ0n) is 32.6. The second-order valence-corrected chi connectivity index (χ2v) is 20.6. The van der Waals surface area contributed by atoms with Crippen LogP contribution in [0.2, 0.25) is 0 Å². The lowest BCUT2D eigenvalue weighted by atomic mass is 9.29. The number of ketones is 1. The molecule has 6 rings (SSSR count). The maximum absolute atomic E-state index is 13.7. The Hall–Kier alpha value is -1.69. The first-order valence-electron chi connectivity index (χ1n) is 19.2. The molecule has 1 aliphatic heterocycles. The number of esters is 2. The van der Waals surface area contributed by atoms with E-state index in [0.717, 1.165) is 57.1 Å². The van der Waals surface area contributed by atoms with Crippen LogP contribution in [0.4, 0.5) is 0 Å². The van der Waals surface area contributed by atoms with Gasteiger partial charge in [0.25, 0.3) is 0 Å². The highest BCUT2D eigenvalue weighted by molar-refractivity contribution is 6.01. The van der Waals surface area contributed by atoms with Gasteiger partial charge < -0.3 is 14.2 Å². The number of epoxide rings is 1. The van der Waals surface area contributed by atoms with Crippen LogP contribution in [0.1, 0.15) is 154 Å². The minimum Gasteiger partial charge on any atom is -0.462 e. The molecule has 1 saturated heterocycles. The van der Waals surface area contributed by atoms with Gasteiger partial charge in [-0.2, -0.15) is 0 Å². The average molecular weight is 667 g/mol. The van der Waals surface area contributed by atoms with Crippen LogP contribution in [0, 0.1) is 55.7 Å². The lowest BCUT2D eigenvalue weighted by molar-refractivity contribution is -0.271. The number of Topliss-reactive ketones (excluding diaryl/α,β-unsaturated/α-hetero) is 1. The number of hydrogen-bond acceptors (Lipinski definition) is 6. The summed E-state index contributed by atoms with van der Waals surface area (Å²) < 4.78 is 18.1. The van der Waals surface area contributed by atoms with E-state index in [1.165, 1.54) is 12.0 Å². The van der Waals surface area contributed by atoms with Gasteiger partial charge in [-0.25, -0.2) is 0 Å². The van der Waals surface area contributed by atoms with Gasteiger partial charge >= 0.3 is 11.9 Å². The van der Waals surface area contributed by atoms with Crippen molar-refractivity contribution in [2.24, 2.45) is 55.7 Å². The van der Waals surface area contributed by atoms with Crippen molar-refractivity contribution < 1.29 is 28.6 Å². The first-order chi connectivity index (χ1) is 21.9. The topological polar surface area (TPSA) is 82.2 Å². The Morgan fingerprint density at radius 3 is 2.06 bits per heavy atom. The van der Waals surface area contributed by atoms with E-state index < -0.39 is 11.0 Å². The predicted molar refractivity (Wildman–Crippen MR) is 188 cm³/mol. The van der Waals surface area contributed by atoms with Gasteiger partial charge in [0.05, 0.1) is 24.5 Å². The van der Waals surface area contributed by atoms with Gasteiger partial charge in [-0.1, -0.05) is 61.0 Å². The molecule has 5 fully saturated rings. The van der Waals surface area contributed by atoms with Crippen LogP contribution in [0.5, 0.6) is 0 Å². The fourth-order valence-electron chi connectivity index (χ4n) is 12.8. The second kappa shape index (κ2) is 10.9. The number of carbonyl (C=O) groups excluding carboxylic acids is 3. The summed E-state index contributed by atoms with van der Waals surface area (Å²) in [5.41, 5.74) is 1.13. The van der Waals surface area contributed by atoms with Crippen molar-refractivity contribution in [1.29, 1.82) is 0 Å². The van der Waals surface area contributed by atoms with E-state index in [1.807, 2.05) is 20.8 Å². The summed E-state index contributed by atoms with van der Waals surface area (Å²) >= 11 is 0. The molecule has 0 bridgehead atoms. The van der Waals surface area contributed by atoms with E-state index in [4.69, 9.17) is 14.2 Å². The summed E-state index contributed by atoms with van der Waals surface area (Å²) in [6.07, 6.45) is 9.36. The normalized spacial score (nSPS) is 43.6. The minimum atomic E-state index is -0.958. The summed E-state index contributed by atoms with van der Waals surface area (Å²) in [5.74, 6) is 0.952. The molecule has 270 valence electrons. The molecule has 5 aliphatic carbocycles. The minimum absolute atomic E-state index is 0.00697. The smallest absolute Gasteiger partial charge is 0.312 e. The van der Waals surface area contributed by atoms with Crippen molar-refractivity contribution >= 4 is 17.7 Å². The number of allylic oxidation sites excluding steroid dienone is 1. The first kappa shape index (κ1) is 36.1. The third-order valence-electron chi connectivity index (χ3n) is 16.3. The SMILES string of the molecule is CC(C)C1=C2[C@H]3CC[C@@H]4[C@@]5(C)CC[C@H](OC(=O)CC(C)(C)C(=O)OC(C)(C)C)C(C)(C)[C@]5(C)CC[C@@]4(C)[C@]3(C)CC[C@@]2([C@@H]2CO2)CC1=O.